The van der Waals surface area contributed by atoms with E-state index in [1.807, 2.05) is 6.07 Å². The summed E-state index contributed by atoms with van der Waals surface area (Å²) in [4.78, 5) is 13.8. The van der Waals surface area contributed by atoms with Crippen LogP contribution in [0.25, 0.3) is 0 Å². The second kappa shape index (κ2) is 5.99. The summed E-state index contributed by atoms with van der Waals surface area (Å²) in [6.45, 7) is 2.23. The van der Waals surface area contributed by atoms with Crippen molar-refractivity contribution in [3.8, 4) is 0 Å². The highest BCUT2D eigenvalue weighted by atomic mass is 16.5. The van der Waals surface area contributed by atoms with Crippen LogP contribution in [0.3, 0.4) is 0 Å². The number of nitrogens with two attached hydrogens (primary N) is 1. The number of hydrazine groups is 1. The van der Waals surface area contributed by atoms with E-state index < -0.39 is 5.91 Å². The second-order valence-electron chi connectivity index (χ2n) is 4.44. The molecule has 2 rings (SSSR count). The zero-order valence-electron chi connectivity index (χ0n) is 10.5. The predicted molar refractivity (Wildman–Crippen MR) is 65.7 cm³/mol. The third-order valence-electron chi connectivity index (χ3n) is 3.10. The van der Waals surface area contributed by atoms with Crippen LogP contribution in [-0.4, -0.2) is 37.1 Å². The first-order chi connectivity index (χ1) is 8.76. The van der Waals surface area contributed by atoms with Gasteiger partial charge in [0, 0.05) is 31.8 Å². The van der Waals surface area contributed by atoms with E-state index in [-0.39, 0.29) is 0 Å². The lowest BCUT2D eigenvalue weighted by atomic mass is 10.2. The molecular weight excluding hydrogens is 234 g/mol. The zero-order chi connectivity index (χ0) is 13.0. The fourth-order valence-corrected chi connectivity index (χ4v) is 1.98. The molecule has 100 valence electrons. The highest BCUT2D eigenvalue weighted by Crippen LogP contribution is 2.28. The second-order valence-corrected chi connectivity index (χ2v) is 4.44. The van der Waals surface area contributed by atoms with Crippen molar-refractivity contribution in [3.05, 3.63) is 23.7 Å². The molecule has 1 fully saturated rings. The van der Waals surface area contributed by atoms with Crippen LogP contribution in [0.15, 0.2) is 16.7 Å². The molecule has 1 aromatic heterocycles. The van der Waals surface area contributed by atoms with Gasteiger partial charge >= 0.3 is 5.91 Å². The minimum absolute atomic E-state index is 0.292. The van der Waals surface area contributed by atoms with Crippen molar-refractivity contribution in [2.45, 2.75) is 25.4 Å². The molecule has 6 nitrogen and oxygen atoms in total. The average Bonchev–Trinajstić information content (AvgIpc) is 3.13. The van der Waals surface area contributed by atoms with E-state index in [9.17, 15) is 4.79 Å². The van der Waals surface area contributed by atoms with E-state index in [0.717, 1.165) is 12.1 Å². The maximum absolute atomic E-state index is 11.5. The number of carbonyl (C=O) groups is 1. The van der Waals surface area contributed by atoms with Gasteiger partial charge in [-0.2, -0.15) is 0 Å². The molecule has 0 bridgehead atoms. The number of hydrogen-bond acceptors (Lipinski definition) is 5. The van der Waals surface area contributed by atoms with Gasteiger partial charge in [0.2, 0.25) is 0 Å². The smallest absolute Gasteiger partial charge is 0.301 e. The van der Waals surface area contributed by atoms with Gasteiger partial charge in [0.05, 0.1) is 12.9 Å². The van der Waals surface area contributed by atoms with Crippen molar-refractivity contribution >= 4 is 5.91 Å². The van der Waals surface area contributed by atoms with Crippen molar-refractivity contribution in [1.29, 1.82) is 0 Å². The van der Waals surface area contributed by atoms with Gasteiger partial charge in [-0.3, -0.25) is 15.1 Å². The molecule has 0 spiro atoms. The van der Waals surface area contributed by atoms with Gasteiger partial charge < -0.3 is 9.15 Å². The molecule has 0 atom stereocenters. The minimum atomic E-state index is -0.391. The van der Waals surface area contributed by atoms with Gasteiger partial charge in [-0.15, -0.1) is 0 Å². The summed E-state index contributed by atoms with van der Waals surface area (Å²) >= 11 is 0. The Kier molecular flexibility index (Phi) is 4.35. The van der Waals surface area contributed by atoms with Crippen LogP contribution in [0.4, 0.5) is 0 Å². The Morgan fingerprint density at radius 3 is 3.06 bits per heavy atom. The first-order valence-corrected chi connectivity index (χ1v) is 6.06. The standard InChI is InChI=1S/C12H19N3O3/c1-17-7-5-15(10-2-3-10)8-9-4-6-18-11(9)12(16)14-13/h4,6,10H,2-3,5,7-8,13H2,1H3,(H,14,16). The summed E-state index contributed by atoms with van der Waals surface area (Å²) < 4.78 is 10.3. The topological polar surface area (TPSA) is 80.7 Å². The molecule has 6 heteroatoms. The van der Waals surface area contributed by atoms with Gasteiger partial charge in [-0.05, 0) is 18.9 Å². The lowest BCUT2D eigenvalue weighted by Gasteiger charge is -2.21. The summed E-state index contributed by atoms with van der Waals surface area (Å²) in [5.41, 5.74) is 2.96. The first-order valence-electron chi connectivity index (χ1n) is 6.06. The lowest BCUT2D eigenvalue weighted by molar-refractivity contribution is 0.0921. The fraction of sp³-hybridized carbons (Fsp3) is 0.583. The van der Waals surface area contributed by atoms with E-state index in [2.05, 4.69) is 10.3 Å². The quantitative estimate of drug-likeness (QED) is 0.420. The number of methoxy groups -OCH3 is 1. The summed E-state index contributed by atoms with van der Waals surface area (Å²) in [7, 11) is 1.69. The Labute approximate surface area is 106 Å². The van der Waals surface area contributed by atoms with Crippen molar-refractivity contribution < 1.29 is 13.9 Å². The molecule has 0 aliphatic heterocycles. The highest BCUT2D eigenvalue weighted by molar-refractivity contribution is 5.92. The summed E-state index contributed by atoms with van der Waals surface area (Å²) in [6, 6.07) is 2.41. The number of amides is 1. The maximum Gasteiger partial charge on any atom is 0.301 e. The van der Waals surface area contributed by atoms with Crippen LogP contribution in [0.1, 0.15) is 29.0 Å². The van der Waals surface area contributed by atoms with Crippen LogP contribution in [-0.2, 0) is 11.3 Å². The van der Waals surface area contributed by atoms with Gasteiger partial charge in [-0.1, -0.05) is 0 Å². The minimum Gasteiger partial charge on any atom is -0.459 e. The molecule has 1 heterocycles. The molecule has 1 aromatic rings. The number of ether oxygens (including phenoxy) is 1. The Morgan fingerprint density at radius 1 is 1.67 bits per heavy atom. The van der Waals surface area contributed by atoms with Gasteiger partial charge in [0.15, 0.2) is 5.76 Å². The Morgan fingerprint density at radius 2 is 2.44 bits per heavy atom. The number of nitrogen functional groups attached to an aromatic ring is 1. The fourth-order valence-electron chi connectivity index (χ4n) is 1.98. The SMILES string of the molecule is COCCN(Cc1ccoc1C(=O)NN)C1CC1. The number of furan rings is 1. The Balaban J connectivity index is 2.01. The molecule has 1 aliphatic carbocycles. The molecule has 1 amide bonds. The molecule has 3 N–H and O–H groups in total. The maximum atomic E-state index is 11.5. The van der Waals surface area contributed by atoms with Crippen molar-refractivity contribution in [3.63, 3.8) is 0 Å². The van der Waals surface area contributed by atoms with E-state index in [1.165, 1.54) is 19.1 Å². The lowest BCUT2D eigenvalue weighted by Crippen LogP contribution is -2.32. The number of nitrogens with zero attached hydrogens (tertiary/aromatic N) is 1. The molecule has 18 heavy (non-hydrogen) atoms. The molecule has 0 radical (unpaired) electrons. The number of hydrogen-bond donors (Lipinski definition) is 2. The van der Waals surface area contributed by atoms with Crippen molar-refractivity contribution in [1.82, 2.24) is 10.3 Å². The zero-order valence-corrected chi connectivity index (χ0v) is 10.5. The van der Waals surface area contributed by atoms with Crippen LogP contribution in [0, 0.1) is 0 Å². The number of rotatable bonds is 7. The molecular formula is C12H19N3O3. The van der Waals surface area contributed by atoms with Crippen molar-refractivity contribution in [2.24, 2.45) is 5.84 Å². The summed E-state index contributed by atoms with van der Waals surface area (Å²) in [5, 5.41) is 0. The monoisotopic (exact) mass is 253 g/mol. The molecule has 1 saturated carbocycles. The molecule has 0 aromatic carbocycles. The third-order valence-corrected chi connectivity index (χ3v) is 3.10. The normalized spacial score (nSPS) is 15.1. The summed E-state index contributed by atoms with van der Waals surface area (Å²) in [5.74, 6) is 5.02. The van der Waals surface area contributed by atoms with E-state index in [4.69, 9.17) is 15.0 Å². The highest BCUT2D eigenvalue weighted by Gasteiger charge is 2.30. The third kappa shape index (κ3) is 3.10. The predicted octanol–water partition coefficient (Wildman–Crippen LogP) is 0.494. The van der Waals surface area contributed by atoms with Gasteiger partial charge in [-0.25, -0.2) is 5.84 Å². The molecule has 0 saturated heterocycles. The van der Waals surface area contributed by atoms with Gasteiger partial charge in [0.25, 0.3) is 0 Å². The molecule has 1 aliphatic rings. The van der Waals surface area contributed by atoms with Crippen LogP contribution in [0.2, 0.25) is 0 Å². The molecule has 0 unspecified atom stereocenters. The number of carbonyl (C=O) groups excluding carboxylic acids is 1. The Hall–Kier alpha value is -1.37. The first kappa shape index (κ1) is 13.1. The van der Waals surface area contributed by atoms with Gasteiger partial charge in [0.1, 0.15) is 0 Å². The van der Waals surface area contributed by atoms with E-state index >= 15 is 0 Å². The van der Waals surface area contributed by atoms with Crippen LogP contribution < -0.4 is 11.3 Å². The van der Waals surface area contributed by atoms with Crippen LogP contribution >= 0.6 is 0 Å². The summed E-state index contributed by atoms with van der Waals surface area (Å²) in [6.07, 6.45) is 3.93. The van der Waals surface area contributed by atoms with E-state index in [1.54, 1.807) is 7.11 Å². The number of nitrogens with one attached hydrogen (secondary N) is 1. The van der Waals surface area contributed by atoms with E-state index in [0.29, 0.717) is 25.0 Å². The van der Waals surface area contributed by atoms with Crippen molar-refractivity contribution in [2.75, 3.05) is 20.3 Å². The average molecular weight is 253 g/mol. The van der Waals surface area contributed by atoms with Crippen LogP contribution in [0.5, 0.6) is 0 Å². The largest absolute Gasteiger partial charge is 0.459 e. The Bertz CT molecular complexity index is 401.